The predicted molar refractivity (Wildman–Crippen MR) is 156 cm³/mol. The first-order valence-electron chi connectivity index (χ1n) is 13.1. The molecule has 23 nitrogen and oxygen atoms in total. The molecule has 1 unspecified atom stereocenters. The third-order valence-corrected chi connectivity index (χ3v) is 8.94. The zero-order valence-electron chi connectivity index (χ0n) is 23.4. The van der Waals surface area contributed by atoms with Crippen LogP contribution in [0, 0.1) is 0 Å². The second-order valence-electron chi connectivity index (χ2n) is 9.95. The summed E-state index contributed by atoms with van der Waals surface area (Å²) in [5, 5.41) is 20.2. The van der Waals surface area contributed by atoms with E-state index in [1.54, 1.807) is 0 Å². The SMILES string of the molecule is CO[C@H]1C2=C(n3cnc4c(=O)[nH]c(N)nc43)O/C1=C/O[PH](O)(O)Oc1c(oc(N3CNC4=C(N)NCNC43)c1O)CO[PH](O)(O)O2. The fourth-order valence-corrected chi connectivity index (χ4v) is 6.71. The number of nitrogens with one attached hydrogen (secondary N) is 4. The molecule has 2 bridgehead atoms. The van der Waals surface area contributed by atoms with Gasteiger partial charge < -0.3 is 0 Å². The number of aromatic amines is 1. The topological polar surface area (TPSA) is 325 Å². The molecule has 1 fully saturated rings. The zero-order chi connectivity index (χ0) is 32.5. The number of H-pyrrole nitrogens is 1. The van der Waals surface area contributed by atoms with Gasteiger partial charge in [-0.25, -0.2) is 0 Å². The van der Waals surface area contributed by atoms with Crippen LogP contribution < -0.4 is 42.4 Å². The van der Waals surface area contributed by atoms with Gasteiger partial charge in [0.1, 0.15) is 0 Å². The van der Waals surface area contributed by atoms with Gasteiger partial charge in [0.25, 0.3) is 0 Å². The molecule has 0 saturated carbocycles. The summed E-state index contributed by atoms with van der Waals surface area (Å²) in [6.07, 6.45) is -0.157. The maximum atomic E-state index is 12.4. The predicted octanol–water partition coefficient (Wildman–Crippen LogP) is -2.58. The molecule has 46 heavy (non-hydrogen) atoms. The molecule has 7 heterocycles. The van der Waals surface area contributed by atoms with Crippen molar-refractivity contribution in [1.29, 1.82) is 0 Å². The van der Waals surface area contributed by atoms with Crippen molar-refractivity contribution in [3.63, 3.8) is 0 Å². The van der Waals surface area contributed by atoms with Gasteiger partial charge >= 0.3 is 256 Å². The molecule has 0 aliphatic carbocycles. The summed E-state index contributed by atoms with van der Waals surface area (Å²) in [6, 6.07) is 0. The Morgan fingerprint density at radius 1 is 1.15 bits per heavy atom. The van der Waals surface area contributed by atoms with Crippen molar-refractivity contribution in [3.05, 3.63) is 51.7 Å². The average molecular weight is 690 g/mol. The summed E-state index contributed by atoms with van der Waals surface area (Å²) in [5.41, 5.74) is 11.3. The van der Waals surface area contributed by atoms with Crippen molar-refractivity contribution in [3.8, 4) is 11.5 Å². The van der Waals surface area contributed by atoms with Gasteiger partial charge in [0.2, 0.25) is 0 Å². The van der Waals surface area contributed by atoms with Crippen LogP contribution in [-0.4, -0.2) is 76.9 Å². The molecule has 0 spiro atoms. The molecule has 2 atom stereocenters. The number of hydrogen-bond acceptors (Lipinski definition) is 21. The molecular weight excluding hydrogens is 662 g/mol. The zero-order valence-corrected chi connectivity index (χ0v) is 25.4. The number of aromatic hydroxyl groups is 1. The number of aromatic nitrogens is 4. The summed E-state index contributed by atoms with van der Waals surface area (Å²) >= 11 is 0. The number of nitrogens with zero attached hydrogens (tertiary/aromatic N) is 4. The number of hydrogen-bond donors (Lipinski definition) is 11. The van der Waals surface area contributed by atoms with Crippen LogP contribution in [0.2, 0.25) is 0 Å². The molecule has 4 aliphatic heterocycles. The van der Waals surface area contributed by atoms with E-state index in [4.69, 9.17) is 43.5 Å². The Morgan fingerprint density at radius 2 is 1.96 bits per heavy atom. The van der Waals surface area contributed by atoms with Crippen molar-refractivity contribution >= 4 is 45.2 Å². The number of nitrogen functional groups attached to an aromatic ring is 1. The summed E-state index contributed by atoms with van der Waals surface area (Å²) in [7, 11) is -9.28. The van der Waals surface area contributed by atoms with Crippen molar-refractivity contribution < 1.29 is 56.7 Å². The number of furan rings is 1. The Balaban J connectivity index is 1.29. The van der Waals surface area contributed by atoms with Crippen LogP contribution in [0.3, 0.4) is 0 Å². The molecule has 7 rings (SSSR count). The van der Waals surface area contributed by atoms with Gasteiger partial charge in [0, 0.05) is 0 Å². The van der Waals surface area contributed by atoms with E-state index in [0.717, 1.165) is 17.2 Å². The van der Waals surface area contributed by atoms with E-state index in [2.05, 4.69) is 30.9 Å². The summed E-state index contributed by atoms with van der Waals surface area (Å²) in [5.74, 6) is -2.91. The van der Waals surface area contributed by atoms with Crippen LogP contribution in [0.4, 0.5) is 11.8 Å². The van der Waals surface area contributed by atoms with E-state index in [1.807, 2.05) is 0 Å². The second-order valence-corrected chi connectivity index (χ2v) is 13.1. The van der Waals surface area contributed by atoms with E-state index in [9.17, 15) is 29.5 Å². The first-order valence-corrected chi connectivity index (χ1v) is 16.6. The molecule has 0 aromatic carbocycles. The third-order valence-electron chi connectivity index (χ3n) is 7.04. The fourth-order valence-electron chi connectivity index (χ4n) is 5.06. The van der Waals surface area contributed by atoms with Gasteiger partial charge in [-0.1, -0.05) is 0 Å². The van der Waals surface area contributed by atoms with Crippen LogP contribution in [0.5, 0.6) is 11.5 Å². The molecule has 250 valence electrons. The molecular formula is C21H28N10O13P2. The van der Waals surface area contributed by atoms with Crippen LogP contribution in [0.1, 0.15) is 5.76 Å². The van der Waals surface area contributed by atoms with E-state index in [1.165, 1.54) is 12.0 Å². The monoisotopic (exact) mass is 690 g/mol. The number of methoxy groups -OCH3 is 1. The van der Waals surface area contributed by atoms with Gasteiger partial charge in [-0.05, 0) is 0 Å². The Kier molecular flexibility index (Phi) is 7.04. The molecule has 3 aromatic rings. The summed E-state index contributed by atoms with van der Waals surface area (Å²) < 4.78 is 39.4. The molecule has 13 N–H and O–H groups in total. The number of nitrogens with two attached hydrogens (primary N) is 2. The Bertz CT molecular complexity index is 1880. The molecule has 0 radical (unpaired) electrons. The normalized spacial score (nSPS) is 26.3. The Hall–Kier alpha value is -4.57. The van der Waals surface area contributed by atoms with E-state index < -0.39 is 63.8 Å². The van der Waals surface area contributed by atoms with Gasteiger partial charge in [0.15, 0.2) is 0 Å². The van der Waals surface area contributed by atoms with Crippen molar-refractivity contribution in [2.75, 3.05) is 31.1 Å². The van der Waals surface area contributed by atoms with Crippen LogP contribution in [0.15, 0.2) is 44.8 Å². The molecule has 1 saturated heterocycles. The number of fused-ring (bicyclic) bond motifs is 5. The third kappa shape index (κ3) is 5.05. The minimum absolute atomic E-state index is 0.0867. The number of ether oxygens (including phenoxy) is 2. The number of imidazole rings is 1. The number of rotatable bonds is 3. The quantitative estimate of drug-likeness (QED) is 0.126. The Morgan fingerprint density at radius 3 is 2.74 bits per heavy atom. The average Bonchev–Trinajstić information content (AvgIpc) is 3.75. The standard InChI is InChI=1S/C21H28N10O13P2/c1-38-13-8-3-40-45(34,35)43-12-7(41-19(11(12)32)30-5-26-9-15(22)24-4-25-16(9)30)2-39-46(36,37)44-14(13)20(42-8)31-6-27-10-17(31)28-21(23)29-18(10)33/h3,6,13,16,24-26,32,34-37,45-46H,2,4-5,22H2,1H3,(H3,23,28,29,33)/b8-3+/t13-,16?/m1/s1. The first-order chi connectivity index (χ1) is 21.9. The molecule has 0 amide bonds. The van der Waals surface area contributed by atoms with Crippen molar-refractivity contribution in [2.45, 2.75) is 18.9 Å². The van der Waals surface area contributed by atoms with Crippen LogP contribution in [0.25, 0.3) is 17.0 Å². The minimum atomic E-state index is -5.24. The van der Waals surface area contributed by atoms with E-state index >= 15 is 0 Å². The van der Waals surface area contributed by atoms with Crippen LogP contribution >= 0.6 is 16.3 Å². The number of anilines is 2. The van der Waals surface area contributed by atoms with Crippen LogP contribution in [-0.2, 0) is 29.7 Å². The molecule has 4 aliphatic rings. The van der Waals surface area contributed by atoms with Crippen molar-refractivity contribution in [2.24, 2.45) is 5.73 Å². The summed E-state index contributed by atoms with van der Waals surface area (Å²) in [4.78, 5) is 67.6. The van der Waals surface area contributed by atoms with Gasteiger partial charge in [-0.3, -0.25) is 0 Å². The van der Waals surface area contributed by atoms with Gasteiger partial charge in [0.05, 0.1) is 0 Å². The van der Waals surface area contributed by atoms with E-state index in [-0.39, 0.29) is 48.0 Å². The fraction of sp³-hybridized carbons (Fsp3) is 0.286. The molecule has 3 aromatic heterocycles. The summed E-state index contributed by atoms with van der Waals surface area (Å²) in [6.45, 7) is -0.465. The van der Waals surface area contributed by atoms with Crippen molar-refractivity contribution in [1.82, 2.24) is 35.5 Å². The maximum absolute atomic E-state index is 12.4. The van der Waals surface area contributed by atoms with E-state index in [0.29, 0.717) is 11.5 Å². The first kappa shape index (κ1) is 30.1. The Labute approximate surface area is 256 Å². The van der Waals surface area contributed by atoms with Gasteiger partial charge in [-0.15, -0.1) is 0 Å². The van der Waals surface area contributed by atoms with Gasteiger partial charge in [-0.2, -0.15) is 0 Å². The molecule has 25 heteroatoms. The second kappa shape index (κ2) is 10.8.